The van der Waals surface area contributed by atoms with Gasteiger partial charge in [0, 0.05) is 5.75 Å². The molecule has 0 aliphatic heterocycles. The van der Waals surface area contributed by atoms with Crippen molar-refractivity contribution in [3.8, 4) is 0 Å². The number of rotatable bonds is 4. The molecule has 0 saturated carbocycles. The maximum Gasteiger partial charge on any atom is 0.306 e. The SMILES string of the molecule is O=C(O)CC(O)C(O)=S.OCCS. The van der Waals surface area contributed by atoms with Crippen molar-refractivity contribution >= 4 is 35.9 Å². The second kappa shape index (κ2) is 9.72. The lowest BCUT2D eigenvalue weighted by Gasteiger charge is -2.01. The van der Waals surface area contributed by atoms with E-state index < -0.39 is 23.5 Å². The van der Waals surface area contributed by atoms with Gasteiger partial charge in [-0.2, -0.15) is 12.6 Å². The number of aliphatic hydroxyl groups excluding tert-OH is 3. The van der Waals surface area contributed by atoms with E-state index in [1.54, 1.807) is 0 Å². The summed E-state index contributed by atoms with van der Waals surface area (Å²) in [5.74, 6) is -0.626. The highest BCUT2D eigenvalue weighted by Gasteiger charge is 2.12. The van der Waals surface area contributed by atoms with Crippen molar-refractivity contribution in [1.29, 1.82) is 0 Å². The molecule has 7 heteroatoms. The number of carbonyl (C=O) groups is 1. The number of carboxylic acid groups (broad SMARTS) is 1. The van der Waals surface area contributed by atoms with Gasteiger partial charge in [0.1, 0.15) is 6.10 Å². The Hall–Kier alpha value is -0.370. The first-order valence-electron chi connectivity index (χ1n) is 3.30. The van der Waals surface area contributed by atoms with Crippen LogP contribution in [0.5, 0.6) is 0 Å². The molecular weight excluding hydrogens is 216 g/mol. The molecule has 0 aliphatic rings. The van der Waals surface area contributed by atoms with Crippen molar-refractivity contribution in [2.75, 3.05) is 12.4 Å². The molecule has 0 aromatic carbocycles. The highest BCUT2D eigenvalue weighted by Crippen LogP contribution is 1.91. The van der Waals surface area contributed by atoms with Gasteiger partial charge in [0.2, 0.25) is 0 Å². The summed E-state index contributed by atoms with van der Waals surface area (Å²) < 4.78 is 0. The summed E-state index contributed by atoms with van der Waals surface area (Å²) in [5, 5.41) is 31.9. The van der Waals surface area contributed by atoms with Gasteiger partial charge in [-0.1, -0.05) is 0 Å². The smallest absolute Gasteiger partial charge is 0.306 e. The third-order valence-corrected chi connectivity index (χ3v) is 1.23. The van der Waals surface area contributed by atoms with Gasteiger partial charge >= 0.3 is 5.97 Å². The first kappa shape index (κ1) is 15.1. The second-order valence-electron chi connectivity index (χ2n) is 1.90. The number of hydrogen-bond acceptors (Lipinski definition) is 5. The lowest BCUT2D eigenvalue weighted by Crippen LogP contribution is -2.21. The number of carboxylic acids is 1. The number of thiol groups is 1. The minimum absolute atomic E-state index is 0.184. The molecule has 0 heterocycles. The van der Waals surface area contributed by atoms with Crippen molar-refractivity contribution in [2.24, 2.45) is 0 Å². The van der Waals surface area contributed by atoms with E-state index in [2.05, 4.69) is 24.8 Å². The van der Waals surface area contributed by atoms with Gasteiger partial charge in [-0.3, -0.25) is 4.79 Å². The Morgan fingerprint density at radius 2 is 1.85 bits per heavy atom. The number of hydrogen-bond donors (Lipinski definition) is 5. The summed E-state index contributed by atoms with van der Waals surface area (Å²) in [6, 6.07) is 0. The molecule has 5 nitrogen and oxygen atoms in total. The molecule has 0 amide bonds. The van der Waals surface area contributed by atoms with E-state index in [9.17, 15) is 4.79 Å². The van der Waals surface area contributed by atoms with Gasteiger partial charge in [0.15, 0.2) is 5.05 Å². The summed E-state index contributed by atoms with van der Waals surface area (Å²) in [6.45, 7) is 0.184. The van der Waals surface area contributed by atoms with Crippen molar-refractivity contribution in [3.05, 3.63) is 0 Å². The normalized spacial score (nSPS) is 11.0. The van der Waals surface area contributed by atoms with Crippen LogP contribution >= 0.6 is 24.8 Å². The van der Waals surface area contributed by atoms with Crippen LogP contribution in [-0.2, 0) is 4.79 Å². The molecule has 4 N–H and O–H groups in total. The van der Waals surface area contributed by atoms with Crippen molar-refractivity contribution < 1.29 is 25.2 Å². The second-order valence-corrected chi connectivity index (χ2v) is 2.76. The van der Waals surface area contributed by atoms with E-state index in [0.29, 0.717) is 5.75 Å². The zero-order chi connectivity index (χ0) is 10.9. The monoisotopic (exact) mass is 228 g/mol. The average Bonchev–Trinajstić information content (AvgIpc) is 2.03. The van der Waals surface area contributed by atoms with Crippen molar-refractivity contribution in [2.45, 2.75) is 12.5 Å². The lowest BCUT2D eigenvalue weighted by molar-refractivity contribution is -0.138. The zero-order valence-corrected chi connectivity index (χ0v) is 8.46. The van der Waals surface area contributed by atoms with E-state index in [1.165, 1.54) is 0 Å². The molecule has 1 atom stereocenters. The van der Waals surface area contributed by atoms with Gasteiger partial charge in [-0.15, -0.1) is 0 Å². The minimum atomic E-state index is -1.42. The molecule has 0 fully saturated rings. The maximum absolute atomic E-state index is 9.78. The number of aliphatic carboxylic acids is 1. The molecule has 0 aromatic heterocycles. The van der Waals surface area contributed by atoms with Crippen LogP contribution in [0.25, 0.3) is 0 Å². The minimum Gasteiger partial charge on any atom is -0.500 e. The first-order chi connectivity index (χ1) is 5.95. The molecule has 0 aromatic rings. The Morgan fingerprint density at radius 1 is 1.46 bits per heavy atom. The van der Waals surface area contributed by atoms with Gasteiger partial charge in [-0.05, 0) is 12.2 Å². The molecule has 0 bridgehead atoms. The molecular formula is C6H12O5S2. The van der Waals surface area contributed by atoms with Crippen LogP contribution in [0.15, 0.2) is 0 Å². The van der Waals surface area contributed by atoms with Crippen LogP contribution in [-0.4, -0.2) is 49.9 Å². The Bertz CT molecular complexity index is 159. The van der Waals surface area contributed by atoms with Crippen LogP contribution < -0.4 is 0 Å². The summed E-state index contributed by atoms with van der Waals surface area (Å²) in [4.78, 5) is 9.78. The molecule has 1 unspecified atom stereocenters. The number of thiocarbonyl (C=S) groups is 1. The Balaban J connectivity index is 0. The summed E-state index contributed by atoms with van der Waals surface area (Å²) >= 11 is 7.75. The average molecular weight is 228 g/mol. The Kier molecular flexibility index (Phi) is 11.3. The molecule has 0 spiro atoms. The highest BCUT2D eigenvalue weighted by molar-refractivity contribution is 7.80. The van der Waals surface area contributed by atoms with Gasteiger partial charge in [-0.25, -0.2) is 0 Å². The third kappa shape index (κ3) is 14.5. The molecule has 0 saturated heterocycles. The van der Waals surface area contributed by atoms with Crippen LogP contribution in [0, 0.1) is 0 Å². The molecule has 0 aliphatic carbocycles. The van der Waals surface area contributed by atoms with Gasteiger partial charge < -0.3 is 20.4 Å². The predicted molar refractivity (Wildman–Crippen MR) is 54.4 cm³/mol. The summed E-state index contributed by atoms with van der Waals surface area (Å²) in [7, 11) is 0. The zero-order valence-electron chi connectivity index (χ0n) is 6.75. The third-order valence-electron chi connectivity index (χ3n) is 0.753. The summed E-state index contributed by atoms with van der Waals surface area (Å²) in [6.07, 6.45) is -1.97. The fraction of sp³-hybridized carbons (Fsp3) is 0.667. The van der Waals surface area contributed by atoms with E-state index in [4.69, 9.17) is 20.4 Å². The van der Waals surface area contributed by atoms with Crippen LogP contribution in [0.4, 0.5) is 0 Å². The topological polar surface area (TPSA) is 98.0 Å². The molecule has 0 rings (SSSR count). The molecule has 13 heavy (non-hydrogen) atoms. The van der Waals surface area contributed by atoms with E-state index in [-0.39, 0.29) is 6.61 Å². The highest BCUT2D eigenvalue weighted by atomic mass is 32.1. The quantitative estimate of drug-likeness (QED) is 0.332. The van der Waals surface area contributed by atoms with Crippen molar-refractivity contribution in [3.63, 3.8) is 0 Å². The van der Waals surface area contributed by atoms with Gasteiger partial charge in [0.05, 0.1) is 13.0 Å². The standard InChI is InChI=1S/C4H6O4S.C2H6OS/c5-2(4(8)9)1-3(6)7;3-1-2-4/h2,5H,1H2,(H,6,7)(H,8,9);3-4H,1-2H2. The number of aliphatic hydroxyl groups is 3. The Labute approximate surface area is 86.4 Å². The predicted octanol–water partition coefficient (Wildman–Crippen LogP) is -0.384. The maximum atomic E-state index is 9.78. The van der Waals surface area contributed by atoms with Crippen LogP contribution in [0.2, 0.25) is 0 Å². The van der Waals surface area contributed by atoms with Gasteiger partial charge in [0.25, 0.3) is 0 Å². The van der Waals surface area contributed by atoms with E-state index >= 15 is 0 Å². The Morgan fingerprint density at radius 3 is 1.92 bits per heavy atom. The van der Waals surface area contributed by atoms with E-state index in [0.717, 1.165) is 0 Å². The molecule has 0 radical (unpaired) electrons. The fourth-order valence-corrected chi connectivity index (χ4v) is 0.336. The molecule has 78 valence electrons. The summed E-state index contributed by atoms with van der Waals surface area (Å²) in [5.41, 5.74) is 0. The largest absolute Gasteiger partial charge is 0.500 e. The van der Waals surface area contributed by atoms with E-state index in [1.807, 2.05) is 0 Å². The van der Waals surface area contributed by atoms with Crippen LogP contribution in [0.1, 0.15) is 6.42 Å². The lowest BCUT2D eigenvalue weighted by atomic mass is 10.3. The van der Waals surface area contributed by atoms with Crippen LogP contribution in [0.3, 0.4) is 0 Å². The first-order valence-corrected chi connectivity index (χ1v) is 4.34. The van der Waals surface area contributed by atoms with Crippen molar-refractivity contribution in [1.82, 2.24) is 0 Å². The fourth-order valence-electron chi connectivity index (χ4n) is 0.253.